The molecule has 0 aliphatic rings. The Hall–Kier alpha value is -1.80. The zero-order valence-electron chi connectivity index (χ0n) is 11.1. The fraction of sp³-hybridized carbons (Fsp3) is 0.176. The summed E-state index contributed by atoms with van der Waals surface area (Å²) in [4.78, 5) is 0. The van der Waals surface area contributed by atoms with Crippen LogP contribution in [-0.4, -0.2) is 0 Å². The Morgan fingerprint density at radius 1 is 1.05 bits per heavy atom. The molecule has 0 fully saturated rings. The second kappa shape index (κ2) is 5.06. The van der Waals surface area contributed by atoms with Gasteiger partial charge in [-0.1, -0.05) is 30.3 Å². The summed E-state index contributed by atoms with van der Waals surface area (Å²) >= 11 is 1.80. The minimum Gasteiger partial charge on any atom is -0.489 e. The van der Waals surface area contributed by atoms with Crippen LogP contribution in [0, 0.1) is 13.8 Å². The number of hydrogen-bond donors (Lipinski definition) is 0. The topological polar surface area (TPSA) is 9.23 Å². The molecule has 0 saturated carbocycles. The summed E-state index contributed by atoms with van der Waals surface area (Å²) in [5, 5.41) is 3.52. The molecule has 1 heterocycles. The van der Waals surface area contributed by atoms with Crippen LogP contribution in [0.3, 0.4) is 0 Å². The number of ether oxygens (including phenoxy) is 1. The maximum Gasteiger partial charge on any atom is 0.120 e. The van der Waals surface area contributed by atoms with E-state index in [4.69, 9.17) is 4.74 Å². The van der Waals surface area contributed by atoms with E-state index in [2.05, 4.69) is 49.6 Å². The second-order valence-corrected chi connectivity index (χ2v) is 5.70. The van der Waals surface area contributed by atoms with Crippen molar-refractivity contribution in [1.82, 2.24) is 0 Å². The molecule has 0 aliphatic heterocycles. The largest absolute Gasteiger partial charge is 0.489 e. The summed E-state index contributed by atoms with van der Waals surface area (Å²) in [6.07, 6.45) is 0. The molecule has 0 aliphatic carbocycles. The van der Waals surface area contributed by atoms with Crippen LogP contribution in [0.2, 0.25) is 0 Å². The molecule has 0 atom stereocenters. The van der Waals surface area contributed by atoms with E-state index < -0.39 is 0 Å². The highest BCUT2D eigenvalue weighted by atomic mass is 32.1. The van der Waals surface area contributed by atoms with Crippen molar-refractivity contribution in [2.24, 2.45) is 0 Å². The van der Waals surface area contributed by atoms with Crippen LogP contribution in [0.15, 0.2) is 47.8 Å². The van der Waals surface area contributed by atoms with Gasteiger partial charge in [0, 0.05) is 10.3 Å². The number of aryl methyl sites for hydroxylation is 2. The second-order valence-electron chi connectivity index (χ2n) is 4.82. The van der Waals surface area contributed by atoms with Gasteiger partial charge < -0.3 is 4.74 Å². The number of hydrogen-bond acceptors (Lipinski definition) is 2. The molecule has 3 aromatic rings. The van der Waals surface area contributed by atoms with Crippen molar-refractivity contribution in [3.63, 3.8) is 0 Å². The maximum absolute atomic E-state index is 5.89. The van der Waals surface area contributed by atoms with Gasteiger partial charge in [0.05, 0.1) is 0 Å². The van der Waals surface area contributed by atoms with Crippen molar-refractivity contribution in [2.45, 2.75) is 20.5 Å². The minimum atomic E-state index is 0.632. The first kappa shape index (κ1) is 12.2. The van der Waals surface area contributed by atoms with Crippen LogP contribution in [0.25, 0.3) is 10.1 Å². The number of rotatable bonds is 3. The maximum atomic E-state index is 5.89. The molecule has 0 N–H and O–H groups in total. The third-order valence-corrected chi connectivity index (χ3v) is 4.44. The fourth-order valence-electron chi connectivity index (χ4n) is 2.23. The van der Waals surface area contributed by atoms with Gasteiger partial charge >= 0.3 is 0 Å². The molecule has 0 radical (unpaired) electrons. The molecule has 0 saturated heterocycles. The van der Waals surface area contributed by atoms with E-state index >= 15 is 0 Å². The Morgan fingerprint density at radius 3 is 2.74 bits per heavy atom. The van der Waals surface area contributed by atoms with Crippen molar-refractivity contribution in [3.05, 3.63) is 64.5 Å². The first-order chi connectivity index (χ1) is 9.24. The van der Waals surface area contributed by atoms with Crippen LogP contribution in [-0.2, 0) is 6.61 Å². The van der Waals surface area contributed by atoms with E-state index in [0.717, 1.165) is 5.75 Å². The SMILES string of the molecule is Cc1cccc(OCc2csc3c(C)cccc23)c1. The summed E-state index contributed by atoms with van der Waals surface area (Å²) in [6.45, 7) is 4.87. The lowest BCUT2D eigenvalue weighted by molar-refractivity contribution is 0.308. The van der Waals surface area contributed by atoms with E-state index in [0.29, 0.717) is 6.61 Å². The normalized spacial score (nSPS) is 10.8. The Morgan fingerprint density at radius 2 is 1.89 bits per heavy atom. The minimum absolute atomic E-state index is 0.632. The summed E-state index contributed by atoms with van der Waals surface area (Å²) in [5.74, 6) is 0.937. The van der Waals surface area contributed by atoms with E-state index in [1.165, 1.54) is 26.8 Å². The molecule has 0 amide bonds. The lowest BCUT2D eigenvalue weighted by Crippen LogP contribution is -1.94. The number of fused-ring (bicyclic) bond motifs is 1. The highest BCUT2D eigenvalue weighted by Crippen LogP contribution is 2.29. The van der Waals surface area contributed by atoms with Crippen LogP contribution in [0.1, 0.15) is 16.7 Å². The van der Waals surface area contributed by atoms with Crippen LogP contribution >= 0.6 is 11.3 Å². The van der Waals surface area contributed by atoms with Gasteiger partial charge in [0.15, 0.2) is 0 Å². The highest BCUT2D eigenvalue weighted by Gasteiger charge is 2.06. The molecule has 0 unspecified atom stereocenters. The van der Waals surface area contributed by atoms with Crippen molar-refractivity contribution < 1.29 is 4.74 Å². The Balaban J connectivity index is 1.84. The number of benzene rings is 2. The lowest BCUT2D eigenvalue weighted by atomic mass is 10.1. The molecule has 2 aromatic carbocycles. The van der Waals surface area contributed by atoms with Crippen molar-refractivity contribution in [1.29, 1.82) is 0 Å². The molecular formula is C17H16OS. The van der Waals surface area contributed by atoms with E-state index in [-0.39, 0.29) is 0 Å². The zero-order valence-corrected chi connectivity index (χ0v) is 12.0. The summed E-state index contributed by atoms with van der Waals surface area (Å²) in [5.41, 5.74) is 3.83. The number of thiophene rings is 1. The average molecular weight is 268 g/mol. The predicted molar refractivity (Wildman–Crippen MR) is 82.1 cm³/mol. The molecular weight excluding hydrogens is 252 g/mol. The quantitative estimate of drug-likeness (QED) is 0.642. The summed E-state index contributed by atoms with van der Waals surface area (Å²) < 4.78 is 7.25. The molecule has 96 valence electrons. The molecule has 0 spiro atoms. The first-order valence-electron chi connectivity index (χ1n) is 6.39. The van der Waals surface area contributed by atoms with Gasteiger partial charge in [0.1, 0.15) is 12.4 Å². The zero-order chi connectivity index (χ0) is 13.2. The molecule has 19 heavy (non-hydrogen) atoms. The van der Waals surface area contributed by atoms with Gasteiger partial charge in [-0.05, 0) is 47.9 Å². The molecule has 3 rings (SSSR count). The summed E-state index contributed by atoms with van der Waals surface area (Å²) in [7, 11) is 0. The first-order valence-corrected chi connectivity index (χ1v) is 7.27. The lowest BCUT2D eigenvalue weighted by Gasteiger charge is -2.06. The van der Waals surface area contributed by atoms with Crippen molar-refractivity contribution >= 4 is 21.4 Å². The monoisotopic (exact) mass is 268 g/mol. The standard InChI is InChI=1S/C17H16OS/c1-12-5-3-7-15(9-12)18-10-14-11-19-17-13(2)6-4-8-16(14)17/h3-9,11H,10H2,1-2H3. The molecule has 2 heteroatoms. The molecule has 1 nitrogen and oxygen atoms in total. The molecule has 1 aromatic heterocycles. The van der Waals surface area contributed by atoms with E-state index in [1.807, 2.05) is 12.1 Å². The third kappa shape index (κ3) is 2.49. The van der Waals surface area contributed by atoms with Crippen molar-refractivity contribution in [3.8, 4) is 5.75 Å². The Labute approximate surface area is 117 Å². The predicted octanol–water partition coefficient (Wildman–Crippen LogP) is 5.10. The van der Waals surface area contributed by atoms with E-state index in [9.17, 15) is 0 Å². The van der Waals surface area contributed by atoms with Gasteiger partial charge in [-0.15, -0.1) is 11.3 Å². The van der Waals surface area contributed by atoms with Gasteiger partial charge in [0.2, 0.25) is 0 Å². The van der Waals surface area contributed by atoms with Gasteiger partial charge in [-0.2, -0.15) is 0 Å². The van der Waals surface area contributed by atoms with Gasteiger partial charge in [0.25, 0.3) is 0 Å². The Kier molecular flexibility index (Phi) is 3.26. The van der Waals surface area contributed by atoms with Gasteiger partial charge in [-0.25, -0.2) is 0 Å². The summed E-state index contributed by atoms with van der Waals surface area (Å²) in [6, 6.07) is 14.6. The van der Waals surface area contributed by atoms with Gasteiger partial charge in [-0.3, -0.25) is 0 Å². The average Bonchev–Trinajstić information content (AvgIpc) is 2.81. The van der Waals surface area contributed by atoms with Crippen LogP contribution < -0.4 is 4.74 Å². The smallest absolute Gasteiger partial charge is 0.120 e. The van der Waals surface area contributed by atoms with Crippen molar-refractivity contribution in [2.75, 3.05) is 0 Å². The Bertz CT molecular complexity index is 712. The van der Waals surface area contributed by atoms with Crippen LogP contribution in [0.4, 0.5) is 0 Å². The van der Waals surface area contributed by atoms with Crippen LogP contribution in [0.5, 0.6) is 5.75 Å². The fourth-order valence-corrected chi connectivity index (χ4v) is 3.27. The molecule has 0 bridgehead atoms. The van der Waals surface area contributed by atoms with E-state index in [1.54, 1.807) is 11.3 Å². The highest BCUT2D eigenvalue weighted by molar-refractivity contribution is 7.17. The third-order valence-electron chi connectivity index (χ3n) is 3.26.